The summed E-state index contributed by atoms with van der Waals surface area (Å²) in [7, 11) is -2.18. The molecule has 1 aromatic carbocycles. The van der Waals surface area contributed by atoms with Gasteiger partial charge in [-0.3, -0.25) is 0 Å². The Morgan fingerprint density at radius 2 is 2.17 bits per heavy atom. The normalized spacial score (nSPS) is 13.3. The van der Waals surface area contributed by atoms with Gasteiger partial charge in [-0.15, -0.1) is 0 Å². The third kappa shape index (κ3) is 4.13. The number of nitrogens with two attached hydrogens (primary N) is 1. The van der Waals surface area contributed by atoms with Gasteiger partial charge in [-0.25, -0.2) is 13.1 Å². The molecule has 7 heteroatoms. The molecular weight excluding hydrogens is 276 g/mol. The molecule has 0 spiro atoms. The van der Waals surface area contributed by atoms with Crippen LogP contribution < -0.4 is 15.2 Å². The van der Waals surface area contributed by atoms with Crippen LogP contribution in [0.15, 0.2) is 23.1 Å². The second-order valence-corrected chi connectivity index (χ2v) is 6.10. The Morgan fingerprint density at radius 3 is 2.72 bits per heavy atom. The monoisotopic (exact) mass is 292 g/mol. The maximum atomic E-state index is 12.0. The average Bonchev–Trinajstić information content (AvgIpc) is 2.28. The fourth-order valence-corrected chi connectivity index (χ4v) is 2.88. The summed E-state index contributed by atoms with van der Waals surface area (Å²) in [6, 6.07) is 4.41. The number of sulfonamides is 1. The highest BCUT2D eigenvalue weighted by atomic mass is 35.5. The van der Waals surface area contributed by atoms with Gasteiger partial charge in [0.2, 0.25) is 10.0 Å². The Morgan fingerprint density at radius 1 is 1.50 bits per heavy atom. The highest BCUT2D eigenvalue weighted by Gasteiger charge is 2.18. The lowest BCUT2D eigenvalue weighted by molar-refractivity contribution is 0.413. The van der Waals surface area contributed by atoms with E-state index >= 15 is 0 Å². The molecule has 0 bridgehead atoms. The number of methoxy groups -OCH3 is 1. The Bertz CT molecular complexity index is 503. The molecule has 1 rings (SSSR count). The van der Waals surface area contributed by atoms with Crippen LogP contribution in [0.2, 0.25) is 5.02 Å². The Balaban J connectivity index is 2.90. The molecule has 0 aromatic heterocycles. The van der Waals surface area contributed by atoms with Crippen LogP contribution in [0.1, 0.15) is 13.3 Å². The van der Waals surface area contributed by atoms with E-state index in [1.54, 1.807) is 6.07 Å². The summed E-state index contributed by atoms with van der Waals surface area (Å²) >= 11 is 5.88. The van der Waals surface area contributed by atoms with Crippen molar-refractivity contribution in [2.45, 2.75) is 24.3 Å². The predicted octanol–water partition coefficient (Wildman–Crippen LogP) is 1.36. The van der Waals surface area contributed by atoms with Crippen LogP contribution in [0.4, 0.5) is 0 Å². The first-order chi connectivity index (χ1) is 8.36. The van der Waals surface area contributed by atoms with Crippen molar-refractivity contribution in [3.05, 3.63) is 23.2 Å². The number of ether oxygens (including phenoxy) is 1. The van der Waals surface area contributed by atoms with E-state index in [0.717, 1.165) is 0 Å². The number of rotatable bonds is 6. The molecule has 0 radical (unpaired) electrons. The number of nitrogens with one attached hydrogen (secondary N) is 1. The van der Waals surface area contributed by atoms with Crippen LogP contribution in [-0.4, -0.2) is 28.1 Å². The SMILES string of the molecule is COc1ccc(Cl)c(S(=O)(=O)NCCC(C)N)c1. The van der Waals surface area contributed by atoms with E-state index in [1.807, 2.05) is 6.92 Å². The van der Waals surface area contributed by atoms with Gasteiger partial charge in [-0.2, -0.15) is 0 Å². The van der Waals surface area contributed by atoms with Gasteiger partial charge >= 0.3 is 0 Å². The van der Waals surface area contributed by atoms with Gasteiger partial charge < -0.3 is 10.5 Å². The summed E-state index contributed by atoms with van der Waals surface area (Å²) in [5, 5.41) is 0.157. The smallest absolute Gasteiger partial charge is 0.242 e. The van der Waals surface area contributed by atoms with Crippen molar-refractivity contribution in [2.75, 3.05) is 13.7 Å². The van der Waals surface area contributed by atoms with Crippen molar-refractivity contribution in [2.24, 2.45) is 5.73 Å². The predicted molar refractivity (Wildman–Crippen MR) is 71.5 cm³/mol. The summed E-state index contributed by atoms with van der Waals surface area (Å²) in [5.74, 6) is 0.437. The quantitative estimate of drug-likeness (QED) is 0.829. The fraction of sp³-hybridized carbons (Fsp3) is 0.455. The maximum absolute atomic E-state index is 12.0. The number of halogens is 1. The van der Waals surface area contributed by atoms with Crippen LogP contribution >= 0.6 is 11.6 Å². The molecule has 0 aliphatic heterocycles. The minimum absolute atomic E-state index is 0.00758. The number of hydrogen-bond acceptors (Lipinski definition) is 4. The van der Waals surface area contributed by atoms with Crippen LogP contribution in [0, 0.1) is 0 Å². The van der Waals surface area contributed by atoms with Crippen molar-refractivity contribution in [3.63, 3.8) is 0 Å². The lowest BCUT2D eigenvalue weighted by Crippen LogP contribution is -2.29. The van der Waals surface area contributed by atoms with E-state index in [9.17, 15) is 8.42 Å². The molecule has 0 aliphatic carbocycles. The summed E-state index contributed by atoms with van der Waals surface area (Å²) in [4.78, 5) is 0.00758. The van der Waals surface area contributed by atoms with Crippen molar-refractivity contribution in [3.8, 4) is 5.75 Å². The molecule has 3 N–H and O–H groups in total. The van der Waals surface area contributed by atoms with Gasteiger partial charge in [0.1, 0.15) is 10.6 Å². The Labute approximate surface area is 112 Å². The Hall–Kier alpha value is -0.820. The summed E-state index contributed by atoms with van der Waals surface area (Å²) < 4.78 is 31.4. The molecule has 1 aromatic rings. The topological polar surface area (TPSA) is 81.4 Å². The standard InChI is InChI=1S/C11H17ClN2O3S/c1-8(13)5-6-14-18(15,16)11-7-9(17-2)3-4-10(11)12/h3-4,7-8,14H,5-6,13H2,1-2H3. The minimum Gasteiger partial charge on any atom is -0.497 e. The zero-order chi connectivity index (χ0) is 13.8. The van der Waals surface area contributed by atoms with Crippen LogP contribution in [0.25, 0.3) is 0 Å². The zero-order valence-electron chi connectivity index (χ0n) is 10.3. The average molecular weight is 293 g/mol. The molecule has 0 heterocycles. The first-order valence-electron chi connectivity index (χ1n) is 5.45. The highest BCUT2D eigenvalue weighted by molar-refractivity contribution is 7.89. The lowest BCUT2D eigenvalue weighted by atomic mass is 10.3. The molecule has 0 aliphatic rings. The first-order valence-corrected chi connectivity index (χ1v) is 7.31. The molecule has 0 saturated heterocycles. The summed E-state index contributed by atoms with van der Waals surface area (Å²) in [6.07, 6.45) is 0.556. The van der Waals surface area contributed by atoms with Crippen LogP contribution in [0.5, 0.6) is 5.75 Å². The third-order valence-corrected chi connectivity index (χ3v) is 4.26. The van der Waals surface area contributed by atoms with E-state index in [1.165, 1.54) is 19.2 Å². The van der Waals surface area contributed by atoms with E-state index in [0.29, 0.717) is 12.2 Å². The van der Waals surface area contributed by atoms with E-state index in [2.05, 4.69) is 4.72 Å². The largest absolute Gasteiger partial charge is 0.497 e. The third-order valence-electron chi connectivity index (χ3n) is 2.32. The number of benzene rings is 1. The minimum atomic E-state index is -3.64. The first kappa shape index (κ1) is 15.2. The molecule has 102 valence electrons. The van der Waals surface area contributed by atoms with E-state index in [4.69, 9.17) is 22.1 Å². The second kappa shape index (κ2) is 6.38. The van der Waals surface area contributed by atoms with Crippen molar-refractivity contribution in [1.29, 1.82) is 0 Å². The van der Waals surface area contributed by atoms with Gasteiger partial charge in [0.25, 0.3) is 0 Å². The zero-order valence-corrected chi connectivity index (χ0v) is 11.9. The molecule has 0 amide bonds. The molecular formula is C11H17ClN2O3S. The molecule has 0 saturated carbocycles. The second-order valence-electron chi connectivity index (χ2n) is 3.96. The molecule has 0 fully saturated rings. The molecule has 1 atom stereocenters. The molecule has 1 unspecified atom stereocenters. The van der Waals surface area contributed by atoms with Gasteiger partial charge in [-0.05, 0) is 25.5 Å². The van der Waals surface area contributed by atoms with E-state index < -0.39 is 10.0 Å². The number of hydrogen-bond donors (Lipinski definition) is 2. The lowest BCUT2D eigenvalue weighted by Gasteiger charge is -2.10. The van der Waals surface area contributed by atoms with Gasteiger partial charge in [-0.1, -0.05) is 11.6 Å². The van der Waals surface area contributed by atoms with Crippen molar-refractivity contribution < 1.29 is 13.2 Å². The van der Waals surface area contributed by atoms with Crippen molar-refractivity contribution in [1.82, 2.24) is 4.72 Å². The summed E-state index contributed by atoms with van der Waals surface area (Å²) in [6.45, 7) is 2.08. The van der Waals surface area contributed by atoms with Crippen molar-refractivity contribution >= 4 is 21.6 Å². The molecule has 5 nitrogen and oxygen atoms in total. The Kier molecular flexibility index (Phi) is 5.40. The fourth-order valence-electron chi connectivity index (χ4n) is 1.32. The maximum Gasteiger partial charge on any atom is 0.242 e. The highest BCUT2D eigenvalue weighted by Crippen LogP contribution is 2.25. The van der Waals surface area contributed by atoms with Gasteiger partial charge in [0, 0.05) is 18.7 Å². The molecule has 18 heavy (non-hydrogen) atoms. The van der Waals surface area contributed by atoms with Crippen LogP contribution in [0.3, 0.4) is 0 Å². The van der Waals surface area contributed by atoms with E-state index in [-0.39, 0.29) is 22.5 Å². The van der Waals surface area contributed by atoms with Gasteiger partial charge in [0.15, 0.2) is 0 Å². The van der Waals surface area contributed by atoms with Crippen LogP contribution in [-0.2, 0) is 10.0 Å². The van der Waals surface area contributed by atoms with Gasteiger partial charge in [0.05, 0.1) is 12.1 Å². The summed E-state index contributed by atoms with van der Waals surface area (Å²) in [5.41, 5.74) is 5.56.